The summed E-state index contributed by atoms with van der Waals surface area (Å²) < 4.78 is 0. The van der Waals surface area contributed by atoms with Crippen LogP contribution < -0.4 is 11.1 Å². The number of anilines is 1. The van der Waals surface area contributed by atoms with Gasteiger partial charge in [0.15, 0.2) is 0 Å². The summed E-state index contributed by atoms with van der Waals surface area (Å²) >= 11 is 1.12. The Balaban J connectivity index is 2.07. The monoisotopic (exact) mass is 496 g/mol. The Bertz CT molecular complexity index is 1330. The largest absolute Gasteiger partial charge is 0.365 e. The second-order valence-corrected chi connectivity index (χ2v) is 10.3. The number of hydrogen-bond acceptors (Lipinski definition) is 7. The van der Waals surface area contributed by atoms with Crippen molar-refractivity contribution in [2.75, 3.05) is 5.32 Å². The standard InChI is InChI=1S/C24H24N4O6S/c1-12-17(27(31)32)10-15(11-18(12)28(33)34)22(30)26-23-20(21(25)29)19(13(2)35-23)14-6-8-16(9-7-14)24(3,4)5/h6-11H,1-5H3,(H2,25,29)(H,26,30). The Morgan fingerprint density at radius 3 is 1.91 bits per heavy atom. The second kappa shape index (κ2) is 9.26. The van der Waals surface area contributed by atoms with Crippen molar-refractivity contribution in [1.29, 1.82) is 0 Å². The summed E-state index contributed by atoms with van der Waals surface area (Å²) in [5.74, 6) is -1.60. The van der Waals surface area contributed by atoms with Crippen molar-refractivity contribution in [3.63, 3.8) is 0 Å². The summed E-state index contributed by atoms with van der Waals surface area (Å²) in [5.41, 5.74) is 6.55. The van der Waals surface area contributed by atoms with Crippen molar-refractivity contribution in [1.82, 2.24) is 0 Å². The highest BCUT2D eigenvalue weighted by atomic mass is 32.1. The zero-order valence-electron chi connectivity index (χ0n) is 19.8. The molecule has 0 saturated heterocycles. The fourth-order valence-corrected chi connectivity index (χ4v) is 4.80. The van der Waals surface area contributed by atoms with Gasteiger partial charge in [0.05, 0.1) is 21.0 Å². The highest BCUT2D eigenvalue weighted by Gasteiger charge is 2.28. The van der Waals surface area contributed by atoms with E-state index in [1.165, 1.54) is 6.92 Å². The van der Waals surface area contributed by atoms with Gasteiger partial charge >= 0.3 is 0 Å². The van der Waals surface area contributed by atoms with Gasteiger partial charge in [-0.25, -0.2) is 0 Å². The second-order valence-electron chi connectivity index (χ2n) is 9.04. The molecule has 0 bridgehead atoms. The van der Waals surface area contributed by atoms with Gasteiger partial charge in [-0.3, -0.25) is 29.8 Å². The Labute approximate surface area is 205 Å². The van der Waals surface area contributed by atoms with E-state index in [2.05, 4.69) is 26.1 Å². The van der Waals surface area contributed by atoms with E-state index in [9.17, 15) is 29.8 Å². The number of nitrogens with zero attached hydrogens (tertiary/aromatic N) is 2. The van der Waals surface area contributed by atoms with Crippen LogP contribution in [-0.4, -0.2) is 21.7 Å². The molecule has 0 unspecified atom stereocenters. The first-order chi connectivity index (χ1) is 16.2. The Morgan fingerprint density at radius 1 is 0.971 bits per heavy atom. The molecule has 0 spiro atoms. The molecule has 1 heterocycles. The number of benzene rings is 2. The average Bonchev–Trinajstić information content (AvgIpc) is 3.08. The van der Waals surface area contributed by atoms with E-state index in [-0.39, 0.29) is 27.1 Å². The molecule has 2 amide bonds. The molecule has 0 aliphatic rings. The van der Waals surface area contributed by atoms with Crippen molar-refractivity contribution in [2.45, 2.75) is 40.0 Å². The third kappa shape index (κ3) is 5.04. The van der Waals surface area contributed by atoms with Crippen LogP contribution in [0.15, 0.2) is 36.4 Å². The van der Waals surface area contributed by atoms with Gasteiger partial charge in [-0.05, 0) is 30.4 Å². The van der Waals surface area contributed by atoms with Crippen molar-refractivity contribution in [3.05, 3.63) is 83.8 Å². The molecule has 10 nitrogen and oxygen atoms in total. The van der Waals surface area contributed by atoms with E-state index in [1.807, 2.05) is 24.3 Å². The van der Waals surface area contributed by atoms with Gasteiger partial charge < -0.3 is 11.1 Å². The van der Waals surface area contributed by atoms with E-state index in [1.54, 1.807) is 6.92 Å². The zero-order chi connectivity index (χ0) is 26.2. The zero-order valence-corrected chi connectivity index (χ0v) is 20.6. The lowest BCUT2D eigenvalue weighted by Gasteiger charge is -2.19. The number of hydrogen-bond donors (Lipinski definition) is 2. The number of rotatable bonds is 6. The molecule has 0 radical (unpaired) electrons. The maximum Gasteiger partial charge on any atom is 0.279 e. The maximum atomic E-state index is 13.0. The molecule has 35 heavy (non-hydrogen) atoms. The number of nitro benzene ring substituents is 2. The predicted molar refractivity (Wildman–Crippen MR) is 134 cm³/mol. The number of carbonyl (C=O) groups excluding carboxylic acids is 2. The molecule has 0 fully saturated rings. The van der Waals surface area contributed by atoms with Gasteiger partial charge in [0.1, 0.15) is 10.6 Å². The lowest BCUT2D eigenvalue weighted by molar-refractivity contribution is -0.395. The lowest BCUT2D eigenvalue weighted by atomic mass is 9.86. The van der Waals surface area contributed by atoms with Crippen molar-refractivity contribution >= 4 is 39.5 Å². The van der Waals surface area contributed by atoms with Gasteiger partial charge in [0, 0.05) is 22.6 Å². The van der Waals surface area contributed by atoms with Crippen LogP contribution >= 0.6 is 11.3 Å². The summed E-state index contributed by atoms with van der Waals surface area (Å²) in [7, 11) is 0. The van der Waals surface area contributed by atoms with Crippen LogP contribution in [0.3, 0.4) is 0 Å². The van der Waals surface area contributed by atoms with E-state index in [4.69, 9.17) is 5.73 Å². The van der Waals surface area contributed by atoms with Crippen molar-refractivity contribution < 1.29 is 19.4 Å². The summed E-state index contributed by atoms with van der Waals surface area (Å²) in [4.78, 5) is 47.2. The summed E-state index contributed by atoms with van der Waals surface area (Å²) in [5, 5.41) is 25.4. The number of nitro groups is 2. The predicted octanol–water partition coefficient (Wildman–Crippen LogP) is 5.50. The molecule has 182 valence electrons. The third-order valence-electron chi connectivity index (χ3n) is 5.61. The molecule has 3 rings (SSSR count). The average molecular weight is 497 g/mol. The quantitative estimate of drug-likeness (QED) is 0.339. The SMILES string of the molecule is Cc1sc(NC(=O)c2cc([N+](=O)[O-])c(C)c([N+](=O)[O-])c2)c(C(N)=O)c1-c1ccc(C(C)(C)C)cc1. The van der Waals surface area contributed by atoms with E-state index in [0.717, 1.165) is 39.5 Å². The number of nitrogens with two attached hydrogens (primary N) is 1. The Morgan fingerprint density at radius 2 is 1.49 bits per heavy atom. The minimum absolute atomic E-state index is 0.0624. The third-order valence-corrected chi connectivity index (χ3v) is 6.63. The number of carbonyl (C=O) groups is 2. The Hall–Kier alpha value is -4.12. The summed E-state index contributed by atoms with van der Waals surface area (Å²) in [6.07, 6.45) is 0. The first-order valence-electron chi connectivity index (χ1n) is 10.5. The molecule has 0 atom stereocenters. The summed E-state index contributed by atoms with van der Waals surface area (Å²) in [6.45, 7) is 9.27. The smallest absolute Gasteiger partial charge is 0.279 e. The maximum absolute atomic E-state index is 13.0. The van der Waals surface area contributed by atoms with Crippen LogP contribution in [0.25, 0.3) is 11.1 Å². The highest BCUT2D eigenvalue weighted by Crippen LogP contribution is 2.40. The van der Waals surface area contributed by atoms with Crippen LogP contribution in [0.2, 0.25) is 0 Å². The number of aryl methyl sites for hydroxylation is 1. The van der Waals surface area contributed by atoms with Gasteiger partial charge in [0.2, 0.25) is 0 Å². The fourth-order valence-electron chi connectivity index (χ4n) is 3.72. The lowest BCUT2D eigenvalue weighted by Crippen LogP contribution is -2.18. The summed E-state index contributed by atoms with van der Waals surface area (Å²) in [6, 6.07) is 9.60. The van der Waals surface area contributed by atoms with Crippen molar-refractivity contribution in [2.24, 2.45) is 5.73 Å². The Kier molecular flexibility index (Phi) is 6.75. The minimum atomic E-state index is -0.838. The normalized spacial score (nSPS) is 11.2. The number of nitrogens with one attached hydrogen (secondary N) is 1. The van der Waals surface area contributed by atoms with Crippen LogP contribution in [-0.2, 0) is 5.41 Å². The van der Waals surface area contributed by atoms with Crippen LogP contribution in [0, 0.1) is 34.1 Å². The molecule has 3 N–H and O–H groups in total. The fraction of sp³-hybridized carbons (Fsp3) is 0.250. The minimum Gasteiger partial charge on any atom is -0.365 e. The molecule has 0 saturated carbocycles. The number of primary amides is 1. The number of amides is 2. The van der Waals surface area contributed by atoms with Crippen LogP contribution in [0.1, 0.15) is 57.5 Å². The topological polar surface area (TPSA) is 158 Å². The first kappa shape index (κ1) is 25.5. The number of thiophene rings is 1. The van der Waals surface area contributed by atoms with E-state index in [0.29, 0.717) is 5.56 Å². The van der Waals surface area contributed by atoms with Gasteiger partial charge in [-0.15, -0.1) is 11.3 Å². The molecule has 0 aliphatic heterocycles. The molecule has 1 aromatic heterocycles. The van der Waals surface area contributed by atoms with Gasteiger partial charge in [-0.2, -0.15) is 0 Å². The van der Waals surface area contributed by atoms with Gasteiger partial charge in [-0.1, -0.05) is 45.0 Å². The van der Waals surface area contributed by atoms with Crippen LogP contribution in [0.4, 0.5) is 16.4 Å². The molecule has 3 aromatic rings. The van der Waals surface area contributed by atoms with Crippen molar-refractivity contribution in [3.8, 4) is 11.1 Å². The molecule has 0 aliphatic carbocycles. The van der Waals surface area contributed by atoms with E-state index < -0.39 is 33.0 Å². The van der Waals surface area contributed by atoms with Crippen LogP contribution in [0.5, 0.6) is 0 Å². The van der Waals surface area contributed by atoms with Gasteiger partial charge in [0.25, 0.3) is 23.2 Å². The molecular formula is C24H24N4O6S. The molecule has 11 heteroatoms. The van der Waals surface area contributed by atoms with E-state index >= 15 is 0 Å². The highest BCUT2D eigenvalue weighted by molar-refractivity contribution is 7.17. The molecule has 2 aromatic carbocycles. The molecular weight excluding hydrogens is 472 g/mol. The first-order valence-corrected chi connectivity index (χ1v) is 11.3.